The van der Waals surface area contributed by atoms with Crippen LogP contribution in [0.3, 0.4) is 0 Å². The number of aliphatic hydroxyl groups is 1. The monoisotopic (exact) mass is 564 g/mol. The summed E-state index contributed by atoms with van der Waals surface area (Å²) in [5, 5.41) is 12.1. The van der Waals surface area contributed by atoms with E-state index in [-0.39, 0.29) is 44.2 Å². The SMILES string of the molecule is O=C(Nc1ccc(NSCCO)cc1N1CCC2(CC1)CC2)c1ccc(OCF)c(N2CCC(F)(F)CC2)c1. The van der Waals surface area contributed by atoms with Crippen molar-refractivity contribution < 1.29 is 27.8 Å². The summed E-state index contributed by atoms with van der Waals surface area (Å²) in [6.45, 7) is 1.02. The molecule has 2 aromatic carbocycles. The van der Waals surface area contributed by atoms with E-state index < -0.39 is 12.8 Å². The van der Waals surface area contributed by atoms with E-state index in [4.69, 9.17) is 9.84 Å². The molecule has 1 amide bonds. The van der Waals surface area contributed by atoms with Crippen LogP contribution in [0, 0.1) is 5.41 Å². The summed E-state index contributed by atoms with van der Waals surface area (Å²) in [6, 6.07) is 10.4. The molecule has 1 saturated carbocycles. The highest BCUT2D eigenvalue weighted by atomic mass is 32.2. The number of benzene rings is 2. The molecule has 3 fully saturated rings. The quantitative estimate of drug-likeness (QED) is 0.245. The Labute approximate surface area is 231 Å². The maximum absolute atomic E-state index is 13.7. The molecular weight excluding hydrogens is 529 g/mol. The molecule has 1 spiro atoms. The number of carbonyl (C=O) groups is 1. The minimum absolute atomic E-state index is 0.0733. The number of ether oxygens (including phenoxy) is 1. The maximum Gasteiger partial charge on any atom is 0.255 e. The first-order valence-electron chi connectivity index (χ1n) is 13.5. The van der Waals surface area contributed by atoms with Crippen LogP contribution in [0.1, 0.15) is 48.9 Å². The van der Waals surface area contributed by atoms with Crippen LogP contribution in [0.15, 0.2) is 36.4 Å². The lowest BCUT2D eigenvalue weighted by Crippen LogP contribution is -2.39. The highest BCUT2D eigenvalue weighted by molar-refractivity contribution is 8.00. The molecule has 0 aromatic heterocycles. The van der Waals surface area contributed by atoms with Crippen molar-refractivity contribution in [3.63, 3.8) is 0 Å². The number of hydrogen-bond donors (Lipinski definition) is 3. The number of carbonyl (C=O) groups excluding carboxylic acids is 1. The number of alkyl halides is 3. The topological polar surface area (TPSA) is 77.1 Å². The molecule has 0 atom stereocenters. The van der Waals surface area contributed by atoms with Crippen molar-refractivity contribution >= 4 is 40.6 Å². The van der Waals surface area contributed by atoms with Gasteiger partial charge in [0.1, 0.15) is 5.75 Å². The normalized spacial score (nSPS) is 19.6. The molecule has 7 nitrogen and oxygen atoms in total. The Morgan fingerprint density at radius 1 is 0.949 bits per heavy atom. The molecule has 0 bridgehead atoms. The van der Waals surface area contributed by atoms with Crippen LogP contribution in [0.25, 0.3) is 0 Å². The average Bonchev–Trinajstić information content (AvgIpc) is 3.69. The number of piperidine rings is 2. The van der Waals surface area contributed by atoms with Gasteiger partial charge in [0.2, 0.25) is 6.86 Å². The molecule has 2 aromatic rings. The number of aliphatic hydroxyl groups excluding tert-OH is 1. The Hall–Kier alpha value is -2.79. The van der Waals surface area contributed by atoms with Crippen molar-refractivity contribution in [1.29, 1.82) is 0 Å². The van der Waals surface area contributed by atoms with Gasteiger partial charge in [-0.2, -0.15) is 0 Å². The van der Waals surface area contributed by atoms with Gasteiger partial charge >= 0.3 is 0 Å². The van der Waals surface area contributed by atoms with E-state index >= 15 is 0 Å². The van der Waals surface area contributed by atoms with Crippen LogP contribution in [0.2, 0.25) is 0 Å². The molecule has 2 heterocycles. The Balaban J connectivity index is 1.37. The Bertz CT molecular complexity index is 1160. The number of nitrogens with zero attached hydrogens (tertiary/aromatic N) is 2. The molecule has 3 N–H and O–H groups in total. The molecular formula is C28H35F3N4O3S. The number of nitrogens with one attached hydrogen (secondary N) is 2. The van der Waals surface area contributed by atoms with Crippen molar-refractivity contribution in [2.75, 3.05) is 65.2 Å². The van der Waals surface area contributed by atoms with E-state index in [1.165, 1.54) is 30.9 Å². The second kappa shape index (κ2) is 11.8. The largest absolute Gasteiger partial charge is 0.461 e. The fourth-order valence-corrected chi connectivity index (χ4v) is 5.88. The van der Waals surface area contributed by atoms with E-state index in [1.807, 2.05) is 18.2 Å². The Morgan fingerprint density at radius 2 is 1.64 bits per heavy atom. The minimum Gasteiger partial charge on any atom is -0.461 e. The van der Waals surface area contributed by atoms with E-state index in [0.29, 0.717) is 28.1 Å². The van der Waals surface area contributed by atoms with Gasteiger partial charge in [-0.05, 0) is 67.5 Å². The van der Waals surface area contributed by atoms with Crippen molar-refractivity contribution in [3.8, 4) is 5.75 Å². The van der Waals surface area contributed by atoms with Crippen LogP contribution in [-0.2, 0) is 0 Å². The number of anilines is 4. The van der Waals surface area contributed by atoms with Crippen molar-refractivity contribution in [2.45, 2.75) is 44.4 Å². The molecule has 212 valence electrons. The van der Waals surface area contributed by atoms with Gasteiger partial charge in [0.15, 0.2) is 0 Å². The van der Waals surface area contributed by atoms with Crippen LogP contribution in [0.4, 0.5) is 35.9 Å². The van der Waals surface area contributed by atoms with Gasteiger partial charge < -0.3 is 29.7 Å². The summed E-state index contributed by atoms with van der Waals surface area (Å²) in [6.07, 6.45) is 4.23. The van der Waals surface area contributed by atoms with E-state index in [9.17, 15) is 18.0 Å². The molecule has 5 rings (SSSR count). The van der Waals surface area contributed by atoms with Crippen LogP contribution in [-0.4, -0.2) is 62.3 Å². The summed E-state index contributed by atoms with van der Waals surface area (Å²) in [4.78, 5) is 17.5. The third-order valence-corrected chi connectivity index (χ3v) is 8.78. The number of hydrogen-bond acceptors (Lipinski definition) is 7. The van der Waals surface area contributed by atoms with E-state index in [0.717, 1.165) is 37.3 Å². The van der Waals surface area contributed by atoms with Gasteiger partial charge in [0.05, 0.1) is 23.7 Å². The summed E-state index contributed by atoms with van der Waals surface area (Å²) in [5.41, 5.74) is 3.74. The smallest absolute Gasteiger partial charge is 0.255 e. The lowest BCUT2D eigenvalue weighted by Gasteiger charge is -2.35. The Morgan fingerprint density at radius 3 is 2.31 bits per heavy atom. The zero-order chi connectivity index (χ0) is 27.5. The molecule has 3 aliphatic rings. The maximum atomic E-state index is 13.7. The van der Waals surface area contributed by atoms with Crippen LogP contribution < -0.4 is 24.6 Å². The van der Waals surface area contributed by atoms with E-state index in [2.05, 4.69) is 14.9 Å². The predicted molar refractivity (Wildman–Crippen MR) is 150 cm³/mol. The van der Waals surface area contributed by atoms with Gasteiger partial charge in [-0.25, -0.2) is 13.2 Å². The molecule has 2 saturated heterocycles. The highest BCUT2D eigenvalue weighted by Crippen LogP contribution is 2.54. The Kier molecular flexibility index (Phi) is 8.37. The molecule has 0 unspecified atom stereocenters. The van der Waals surface area contributed by atoms with E-state index in [1.54, 1.807) is 17.0 Å². The third-order valence-electron chi connectivity index (χ3n) is 8.02. The van der Waals surface area contributed by atoms with Gasteiger partial charge in [-0.1, -0.05) is 11.9 Å². The number of rotatable bonds is 10. The van der Waals surface area contributed by atoms with Gasteiger partial charge in [-0.15, -0.1) is 0 Å². The molecule has 2 aliphatic heterocycles. The van der Waals surface area contributed by atoms with Crippen molar-refractivity contribution in [1.82, 2.24) is 0 Å². The zero-order valence-corrected chi connectivity index (χ0v) is 22.7. The average molecular weight is 565 g/mol. The van der Waals surface area contributed by atoms with Crippen molar-refractivity contribution in [2.24, 2.45) is 5.41 Å². The second-order valence-corrected chi connectivity index (χ2v) is 11.5. The lowest BCUT2D eigenvalue weighted by molar-refractivity contribution is -0.0221. The first kappa shape index (κ1) is 27.8. The highest BCUT2D eigenvalue weighted by Gasteiger charge is 2.44. The first-order chi connectivity index (χ1) is 18.8. The summed E-state index contributed by atoms with van der Waals surface area (Å²) < 4.78 is 48.9. The third kappa shape index (κ3) is 6.69. The number of halogens is 3. The second-order valence-electron chi connectivity index (χ2n) is 10.6. The number of amides is 1. The summed E-state index contributed by atoms with van der Waals surface area (Å²) in [7, 11) is 0. The molecule has 39 heavy (non-hydrogen) atoms. The minimum atomic E-state index is -2.73. The van der Waals surface area contributed by atoms with Crippen LogP contribution in [0.5, 0.6) is 5.75 Å². The van der Waals surface area contributed by atoms with Crippen molar-refractivity contribution in [3.05, 3.63) is 42.0 Å². The predicted octanol–water partition coefficient (Wildman–Crippen LogP) is 5.91. The molecule has 0 radical (unpaired) electrons. The van der Waals surface area contributed by atoms with Gasteiger partial charge in [0, 0.05) is 56.0 Å². The first-order valence-corrected chi connectivity index (χ1v) is 14.4. The van der Waals surface area contributed by atoms with Gasteiger partial charge in [0.25, 0.3) is 11.8 Å². The zero-order valence-electron chi connectivity index (χ0n) is 21.9. The molecule has 1 aliphatic carbocycles. The van der Waals surface area contributed by atoms with Gasteiger partial charge in [-0.3, -0.25) is 4.79 Å². The molecule has 11 heteroatoms. The summed E-state index contributed by atoms with van der Waals surface area (Å²) in [5.74, 6) is -2.30. The fraction of sp³-hybridized carbons (Fsp3) is 0.536. The fourth-order valence-electron chi connectivity index (χ4n) is 5.40. The lowest BCUT2D eigenvalue weighted by atomic mass is 9.93. The summed E-state index contributed by atoms with van der Waals surface area (Å²) >= 11 is 1.41. The standard InChI is InChI=1S/C28H35F3N4O3S/c29-19-38-25-4-1-20(17-24(25)35-13-9-28(30,31)10-14-35)26(37)32-22-3-2-21(33-39-16-15-36)18-23(22)34-11-7-27(5-6-27)8-12-34/h1-4,17-18,33,36H,5-16,19H2,(H,32,37). The van der Waals surface area contributed by atoms with Crippen LogP contribution >= 0.6 is 11.9 Å².